The number of H-pyrrole nitrogens is 1. The van der Waals surface area contributed by atoms with Gasteiger partial charge in [-0.05, 0) is 42.3 Å². The molecule has 3 aromatic heterocycles. The fraction of sp³-hybridized carbons (Fsp3) is 0.211. The second-order valence-electron chi connectivity index (χ2n) is 6.68. The van der Waals surface area contributed by atoms with Crippen LogP contribution >= 0.6 is 0 Å². The number of fused-ring (bicyclic) bond motifs is 2. The van der Waals surface area contributed by atoms with Crippen molar-refractivity contribution in [3.8, 4) is 22.4 Å². The largest absolute Gasteiger partial charge is 0.267 e. The highest BCUT2D eigenvalue weighted by molar-refractivity contribution is 5.97. The standard InChI is InChI=1S/C19H14F3N5/c20-12-3-1-11(2-4-12)17-16(13-6-8-23-18-14(13)9-24-25-18)15-5-7-19(21,22)10-27(15)26-17/h1-4,6,8-9H,5,7,10H2,(H,23,24,25). The predicted molar refractivity (Wildman–Crippen MR) is 93.8 cm³/mol. The minimum Gasteiger partial charge on any atom is -0.262 e. The summed E-state index contributed by atoms with van der Waals surface area (Å²) in [4.78, 5) is 4.25. The van der Waals surface area contributed by atoms with Gasteiger partial charge in [0.25, 0.3) is 5.92 Å². The van der Waals surface area contributed by atoms with Crippen molar-refractivity contribution in [2.24, 2.45) is 0 Å². The van der Waals surface area contributed by atoms with Gasteiger partial charge in [-0.2, -0.15) is 10.2 Å². The summed E-state index contributed by atoms with van der Waals surface area (Å²) in [7, 11) is 0. The van der Waals surface area contributed by atoms with E-state index in [-0.39, 0.29) is 18.7 Å². The van der Waals surface area contributed by atoms with Gasteiger partial charge in [-0.1, -0.05) is 0 Å². The Kier molecular flexibility index (Phi) is 3.37. The van der Waals surface area contributed by atoms with Gasteiger partial charge in [0, 0.05) is 34.8 Å². The number of pyridine rings is 1. The topological polar surface area (TPSA) is 59.4 Å². The zero-order valence-electron chi connectivity index (χ0n) is 14.1. The van der Waals surface area contributed by atoms with Crippen molar-refractivity contribution < 1.29 is 13.2 Å². The monoisotopic (exact) mass is 369 g/mol. The first-order chi connectivity index (χ1) is 13.0. The van der Waals surface area contributed by atoms with Gasteiger partial charge in [0.05, 0.1) is 6.20 Å². The smallest absolute Gasteiger partial charge is 0.262 e. The molecule has 27 heavy (non-hydrogen) atoms. The number of nitrogens with zero attached hydrogens (tertiary/aromatic N) is 4. The van der Waals surface area contributed by atoms with Crippen LogP contribution in [0.2, 0.25) is 0 Å². The van der Waals surface area contributed by atoms with Gasteiger partial charge in [-0.25, -0.2) is 18.2 Å². The molecule has 0 aliphatic carbocycles. The molecular formula is C19H14F3N5. The molecule has 0 saturated heterocycles. The first-order valence-electron chi connectivity index (χ1n) is 8.54. The van der Waals surface area contributed by atoms with E-state index in [9.17, 15) is 13.2 Å². The van der Waals surface area contributed by atoms with Crippen molar-refractivity contribution in [1.82, 2.24) is 25.0 Å². The summed E-state index contributed by atoms with van der Waals surface area (Å²) in [6.45, 7) is -0.462. The number of hydrogen-bond donors (Lipinski definition) is 1. The van der Waals surface area contributed by atoms with E-state index in [1.807, 2.05) is 6.07 Å². The van der Waals surface area contributed by atoms with Crippen LogP contribution in [0.3, 0.4) is 0 Å². The number of alkyl halides is 2. The SMILES string of the molecule is Fc1ccc(-c2nn3c(c2-c2ccnc4[nH]ncc24)CCC(F)(F)C3)cc1. The number of aromatic amines is 1. The van der Waals surface area contributed by atoms with Crippen LogP contribution in [0.4, 0.5) is 13.2 Å². The van der Waals surface area contributed by atoms with E-state index < -0.39 is 12.5 Å². The third-order valence-corrected chi connectivity index (χ3v) is 4.91. The zero-order chi connectivity index (χ0) is 18.6. The molecule has 1 aromatic carbocycles. The third-order valence-electron chi connectivity index (χ3n) is 4.91. The van der Waals surface area contributed by atoms with Gasteiger partial charge in [0.2, 0.25) is 0 Å². The average Bonchev–Trinajstić information content (AvgIpc) is 3.25. The van der Waals surface area contributed by atoms with E-state index in [1.54, 1.807) is 24.5 Å². The highest BCUT2D eigenvalue weighted by atomic mass is 19.3. The van der Waals surface area contributed by atoms with Crippen LogP contribution in [0.5, 0.6) is 0 Å². The Morgan fingerprint density at radius 1 is 1.11 bits per heavy atom. The summed E-state index contributed by atoms with van der Waals surface area (Å²) >= 11 is 0. The van der Waals surface area contributed by atoms with Crippen molar-refractivity contribution in [1.29, 1.82) is 0 Å². The summed E-state index contributed by atoms with van der Waals surface area (Å²) in [5.41, 5.74) is 4.17. The van der Waals surface area contributed by atoms with E-state index in [4.69, 9.17) is 0 Å². The molecule has 8 heteroatoms. The molecular weight excluding hydrogens is 355 g/mol. The van der Waals surface area contributed by atoms with Crippen LogP contribution in [0.15, 0.2) is 42.7 Å². The molecule has 5 rings (SSSR count). The summed E-state index contributed by atoms with van der Waals surface area (Å²) in [6, 6.07) is 7.73. The molecule has 1 aliphatic rings. The van der Waals surface area contributed by atoms with Crippen molar-refractivity contribution in [3.05, 3.63) is 54.2 Å². The second kappa shape index (κ2) is 5.67. The van der Waals surface area contributed by atoms with Crippen molar-refractivity contribution in [2.45, 2.75) is 25.3 Å². The minimum absolute atomic E-state index is 0.207. The van der Waals surface area contributed by atoms with Gasteiger partial charge in [0.15, 0.2) is 5.65 Å². The lowest BCUT2D eigenvalue weighted by Crippen LogP contribution is -2.31. The van der Waals surface area contributed by atoms with Crippen molar-refractivity contribution >= 4 is 11.0 Å². The Labute approximate surface area is 151 Å². The normalized spacial score (nSPS) is 15.8. The van der Waals surface area contributed by atoms with E-state index in [0.29, 0.717) is 16.9 Å². The number of rotatable bonds is 2. The van der Waals surface area contributed by atoms with Crippen LogP contribution in [0, 0.1) is 5.82 Å². The lowest BCUT2D eigenvalue weighted by molar-refractivity contribution is -0.0377. The van der Waals surface area contributed by atoms with Gasteiger partial charge in [0.1, 0.15) is 18.1 Å². The Morgan fingerprint density at radius 3 is 2.74 bits per heavy atom. The van der Waals surface area contributed by atoms with E-state index in [2.05, 4.69) is 20.3 Å². The number of hydrogen-bond acceptors (Lipinski definition) is 3. The molecule has 1 N–H and O–H groups in total. The molecule has 0 radical (unpaired) electrons. The molecule has 0 saturated carbocycles. The maximum Gasteiger partial charge on any atom is 0.267 e. The van der Waals surface area contributed by atoms with Crippen molar-refractivity contribution in [2.75, 3.05) is 0 Å². The molecule has 0 bridgehead atoms. The van der Waals surface area contributed by atoms with Crippen LogP contribution in [-0.4, -0.2) is 30.9 Å². The summed E-state index contributed by atoms with van der Waals surface area (Å²) in [6.07, 6.45) is 3.28. The fourth-order valence-electron chi connectivity index (χ4n) is 3.64. The van der Waals surface area contributed by atoms with E-state index in [0.717, 1.165) is 22.2 Å². The first kappa shape index (κ1) is 16.0. The molecule has 4 aromatic rings. The quantitative estimate of drug-likeness (QED) is 0.576. The summed E-state index contributed by atoms with van der Waals surface area (Å²) < 4.78 is 42.7. The molecule has 0 fully saturated rings. The predicted octanol–water partition coefficient (Wildman–Crippen LogP) is 4.21. The average molecular weight is 369 g/mol. The molecule has 0 atom stereocenters. The van der Waals surface area contributed by atoms with Crippen LogP contribution < -0.4 is 0 Å². The van der Waals surface area contributed by atoms with Crippen LogP contribution in [-0.2, 0) is 13.0 Å². The van der Waals surface area contributed by atoms with Gasteiger partial charge < -0.3 is 0 Å². The molecule has 0 unspecified atom stereocenters. The van der Waals surface area contributed by atoms with E-state index >= 15 is 0 Å². The van der Waals surface area contributed by atoms with E-state index in [1.165, 1.54) is 16.8 Å². The molecule has 0 spiro atoms. The molecule has 0 amide bonds. The molecule has 1 aliphatic heterocycles. The Morgan fingerprint density at radius 2 is 1.93 bits per heavy atom. The van der Waals surface area contributed by atoms with Gasteiger partial charge >= 0.3 is 0 Å². The molecule has 5 nitrogen and oxygen atoms in total. The summed E-state index contributed by atoms with van der Waals surface area (Å²) in [5, 5.41) is 12.1. The third kappa shape index (κ3) is 2.59. The van der Waals surface area contributed by atoms with Crippen LogP contribution in [0.25, 0.3) is 33.4 Å². The minimum atomic E-state index is -2.79. The fourth-order valence-corrected chi connectivity index (χ4v) is 3.64. The Bertz CT molecular complexity index is 1140. The number of nitrogens with one attached hydrogen (secondary N) is 1. The highest BCUT2D eigenvalue weighted by Crippen LogP contribution is 2.41. The maximum atomic E-state index is 13.9. The molecule has 4 heterocycles. The van der Waals surface area contributed by atoms with Gasteiger partial charge in [-0.15, -0.1) is 0 Å². The van der Waals surface area contributed by atoms with Gasteiger partial charge in [-0.3, -0.25) is 9.78 Å². The lowest BCUT2D eigenvalue weighted by atomic mass is 9.94. The van der Waals surface area contributed by atoms with Crippen molar-refractivity contribution in [3.63, 3.8) is 0 Å². The maximum absolute atomic E-state index is 13.9. The summed E-state index contributed by atoms with van der Waals surface area (Å²) in [5.74, 6) is -3.16. The number of aromatic nitrogens is 5. The number of halogens is 3. The lowest BCUT2D eigenvalue weighted by Gasteiger charge is -2.23. The second-order valence-corrected chi connectivity index (χ2v) is 6.68. The highest BCUT2D eigenvalue weighted by Gasteiger charge is 2.37. The Hall–Kier alpha value is -3.16. The van der Waals surface area contributed by atoms with Crippen LogP contribution in [0.1, 0.15) is 12.1 Å². The number of benzene rings is 1. The first-order valence-corrected chi connectivity index (χ1v) is 8.54. The molecule has 136 valence electrons. The Balaban J connectivity index is 1.79. The zero-order valence-corrected chi connectivity index (χ0v) is 14.1.